The summed E-state index contributed by atoms with van der Waals surface area (Å²) in [7, 11) is 1.67. The van der Waals surface area contributed by atoms with E-state index in [2.05, 4.69) is 20.6 Å². The van der Waals surface area contributed by atoms with Gasteiger partial charge in [-0.1, -0.05) is 30.3 Å². The van der Waals surface area contributed by atoms with E-state index in [4.69, 9.17) is 9.73 Å². The largest absolute Gasteiger partial charge is 0.497 e. The molecule has 4 aromatic rings. The van der Waals surface area contributed by atoms with Crippen molar-refractivity contribution in [3.63, 3.8) is 0 Å². The number of fused-ring (bicyclic) bond motifs is 2. The molecule has 0 saturated carbocycles. The van der Waals surface area contributed by atoms with Crippen molar-refractivity contribution in [2.24, 2.45) is 4.99 Å². The number of aryl methyl sites for hydroxylation is 1. The quantitative estimate of drug-likeness (QED) is 0.454. The van der Waals surface area contributed by atoms with Crippen LogP contribution in [0.5, 0.6) is 5.75 Å². The monoisotopic (exact) mass is 428 g/mol. The van der Waals surface area contributed by atoms with E-state index >= 15 is 0 Å². The maximum absolute atomic E-state index is 12.7. The number of nitrogens with zero attached hydrogens (tertiary/aromatic N) is 3. The van der Waals surface area contributed by atoms with Crippen molar-refractivity contribution in [3.05, 3.63) is 88.0 Å². The number of guanidine groups is 1. The lowest BCUT2D eigenvalue weighted by molar-refractivity contribution is 0.415. The first-order valence-corrected chi connectivity index (χ1v) is 10.5. The molecule has 0 spiro atoms. The molecule has 3 heterocycles. The number of benzene rings is 2. The zero-order valence-corrected chi connectivity index (χ0v) is 17.9. The fraction of sp³-hybridized carbons (Fsp3) is 0.208. The molecular formula is C24H24N6O2. The van der Waals surface area contributed by atoms with Gasteiger partial charge in [-0.2, -0.15) is 0 Å². The molecule has 0 fully saturated rings. The Bertz CT molecular complexity index is 1360. The van der Waals surface area contributed by atoms with Crippen molar-refractivity contribution in [1.29, 1.82) is 0 Å². The van der Waals surface area contributed by atoms with Crippen molar-refractivity contribution in [2.75, 3.05) is 19.0 Å². The van der Waals surface area contributed by atoms with Gasteiger partial charge in [0, 0.05) is 35.4 Å². The van der Waals surface area contributed by atoms with Crippen LogP contribution in [-0.2, 0) is 6.42 Å². The van der Waals surface area contributed by atoms with E-state index in [-0.39, 0.29) is 11.7 Å². The van der Waals surface area contributed by atoms with Gasteiger partial charge in [-0.15, -0.1) is 0 Å². The Balaban J connectivity index is 1.42. The summed E-state index contributed by atoms with van der Waals surface area (Å²) < 4.78 is 6.97. The van der Waals surface area contributed by atoms with Crippen molar-refractivity contribution >= 4 is 22.8 Å². The van der Waals surface area contributed by atoms with E-state index in [1.165, 1.54) is 11.6 Å². The van der Waals surface area contributed by atoms with Crippen molar-refractivity contribution in [1.82, 2.24) is 19.9 Å². The standard InChI is InChI=1S/C24H24N6O2/c1-15-12-21(31)30-22(16-6-4-3-5-7-16)28-23(29-24(30)27-15)25-11-10-17-14-26-20-9-8-18(32-2)13-19(17)20/h3-9,12-14,22,26H,10-11H2,1-2H3,(H2,25,27,28,29)/t22-/m0/s1. The molecule has 162 valence electrons. The summed E-state index contributed by atoms with van der Waals surface area (Å²) in [4.78, 5) is 25.3. The third kappa shape index (κ3) is 3.71. The number of anilines is 1. The first kappa shape index (κ1) is 19.9. The van der Waals surface area contributed by atoms with Gasteiger partial charge in [0.05, 0.1) is 7.11 Å². The predicted molar refractivity (Wildman–Crippen MR) is 125 cm³/mol. The molecule has 0 unspecified atom stereocenters. The van der Waals surface area contributed by atoms with Crippen molar-refractivity contribution in [3.8, 4) is 5.75 Å². The lowest BCUT2D eigenvalue weighted by Crippen LogP contribution is -2.48. The Morgan fingerprint density at radius 2 is 2.00 bits per heavy atom. The summed E-state index contributed by atoms with van der Waals surface area (Å²) in [5.74, 6) is 1.90. The third-order valence-corrected chi connectivity index (χ3v) is 5.58. The van der Waals surface area contributed by atoms with Gasteiger partial charge in [0.2, 0.25) is 5.95 Å². The number of aliphatic imine (C=N–C) groups is 1. The molecule has 8 heteroatoms. The minimum Gasteiger partial charge on any atom is -0.497 e. The van der Waals surface area contributed by atoms with Crippen molar-refractivity contribution < 1.29 is 4.74 Å². The molecule has 0 radical (unpaired) electrons. The Morgan fingerprint density at radius 1 is 1.16 bits per heavy atom. The van der Waals surface area contributed by atoms with E-state index in [0.717, 1.165) is 28.6 Å². The van der Waals surface area contributed by atoms with Gasteiger partial charge >= 0.3 is 0 Å². The number of hydrogen-bond acceptors (Lipinski definition) is 4. The Morgan fingerprint density at radius 3 is 2.81 bits per heavy atom. The highest BCUT2D eigenvalue weighted by molar-refractivity contribution is 5.93. The minimum atomic E-state index is -0.385. The molecule has 32 heavy (non-hydrogen) atoms. The molecule has 0 amide bonds. The van der Waals surface area contributed by atoms with Gasteiger partial charge in [0.15, 0.2) is 5.96 Å². The second-order valence-corrected chi connectivity index (χ2v) is 7.72. The second-order valence-electron chi connectivity index (χ2n) is 7.72. The lowest BCUT2D eigenvalue weighted by atomic mass is 10.1. The van der Waals surface area contributed by atoms with E-state index in [0.29, 0.717) is 24.1 Å². The summed E-state index contributed by atoms with van der Waals surface area (Å²) in [6.45, 7) is 2.38. The molecule has 0 saturated heterocycles. The second kappa shape index (κ2) is 8.22. The Labute approximate surface area is 185 Å². The van der Waals surface area contributed by atoms with Gasteiger partial charge in [0.1, 0.15) is 11.9 Å². The molecule has 2 aromatic heterocycles. The first-order valence-electron chi connectivity index (χ1n) is 10.5. The molecule has 1 atom stereocenters. The molecular weight excluding hydrogens is 404 g/mol. The topological polar surface area (TPSA) is 96.3 Å². The first-order chi connectivity index (χ1) is 15.6. The summed E-state index contributed by atoms with van der Waals surface area (Å²) in [5.41, 5.74) is 3.74. The average Bonchev–Trinajstić information content (AvgIpc) is 3.21. The lowest BCUT2D eigenvalue weighted by Gasteiger charge is -2.31. The van der Waals surface area contributed by atoms with Crippen LogP contribution in [0.2, 0.25) is 0 Å². The number of aromatic amines is 1. The molecule has 2 aromatic carbocycles. The smallest absolute Gasteiger partial charge is 0.257 e. The maximum atomic E-state index is 12.7. The van der Waals surface area contributed by atoms with Gasteiger partial charge in [-0.25, -0.2) is 4.98 Å². The predicted octanol–water partition coefficient (Wildman–Crippen LogP) is 3.20. The van der Waals surface area contributed by atoms with E-state index < -0.39 is 0 Å². The van der Waals surface area contributed by atoms with Crippen molar-refractivity contribution in [2.45, 2.75) is 19.5 Å². The van der Waals surface area contributed by atoms with E-state index in [1.54, 1.807) is 11.7 Å². The third-order valence-electron chi connectivity index (χ3n) is 5.58. The molecule has 1 aliphatic rings. The number of H-pyrrole nitrogens is 1. The van der Waals surface area contributed by atoms with Crippen LogP contribution in [0.15, 0.2) is 70.6 Å². The number of hydrogen-bond donors (Lipinski definition) is 3. The molecule has 3 N–H and O–H groups in total. The summed E-state index contributed by atoms with van der Waals surface area (Å²) in [6.07, 6.45) is 2.38. The van der Waals surface area contributed by atoms with Gasteiger partial charge in [-0.05, 0) is 42.7 Å². The van der Waals surface area contributed by atoms with Crippen LogP contribution in [-0.4, -0.2) is 34.1 Å². The van der Waals surface area contributed by atoms with E-state index in [1.807, 2.05) is 61.7 Å². The zero-order chi connectivity index (χ0) is 22.1. The summed E-state index contributed by atoms with van der Waals surface area (Å²) >= 11 is 0. The van der Waals surface area contributed by atoms with Crippen LogP contribution in [0.25, 0.3) is 10.9 Å². The van der Waals surface area contributed by atoms with Crippen LogP contribution in [0.4, 0.5) is 5.95 Å². The minimum absolute atomic E-state index is 0.117. The molecule has 5 rings (SSSR count). The van der Waals surface area contributed by atoms with Gasteiger partial charge < -0.3 is 15.0 Å². The highest BCUT2D eigenvalue weighted by Gasteiger charge is 2.26. The average molecular weight is 428 g/mol. The highest BCUT2D eigenvalue weighted by atomic mass is 16.5. The van der Waals surface area contributed by atoms with Crippen LogP contribution < -0.4 is 20.9 Å². The highest BCUT2D eigenvalue weighted by Crippen LogP contribution is 2.24. The van der Waals surface area contributed by atoms with Crippen LogP contribution in [0.3, 0.4) is 0 Å². The fourth-order valence-corrected chi connectivity index (χ4v) is 4.01. The Kier molecular flexibility index (Phi) is 5.10. The SMILES string of the molecule is COc1ccc2[nH]cc(CCN=C3Nc4nc(C)cc(=O)n4[C@@H](c4ccccc4)N3)c2c1. The number of aromatic nitrogens is 3. The molecule has 1 aliphatic heterocycles. The maximum Gasteiger partial charge on any atom is 0.257 e. The van der Waals surface area contributed by atoms with Crippen LogP contribution >= 0.6 is 0 Å². The van der Waals surface area contributed by atoms with Gasteiger partial charge in [0.25, 0.3) is 5.56 Å². The van der Waals surface area contributed by atoms with Gasteiger partial charge in [-0.3, -0.25) is 19.7 Å². The summed E-state index contributed by atoms with van der Waals surface area (Å²) in [5, 5.41) is 7.66. The van der Waals surface area contributed by atoms with Crippen LogP contribution in [0.1, 0.15) is 23.0 Å². The normalized spacial score (nSPS) is 16.4. The number of methoxy groups -OCH3 is 1. The summed E-state index contributed by atoms with van der Waals surface area (Å²) in [6, 6.07) is 17.3. The fourth-order valence-electron chi connectivity index (χ4n) is 4.01. The molecule has 0 aliphatic carbocycles. The van der Waals surface area contributed by atoms with Crippen LogP contribution in [0, 0.1) is 6.92 Å². The molecule has 0 bridgehead atoms. The number of ether oxygens (including phenoxy) is 1. The zero-order valence-electron chi connectivity index (χ0n) is 17.9. The van der Waals surface area contributed by atoms with E-state index in [9.17, 15) is 4.79 Å². The molecule has 8 nitrogen and oxygen atoms in total. The Hall–Kier alpha value is -4.07. The number of nitrogens with one attached hydrogen (secondary N) is 3. The number of rotatable bonds is 5.